The van der Waals surface area contributed by atoms with Crippen LogP contribution < -0.4 is 0 Å². The monoisotopic (exact) mass is 266 g/mol. The topological polar surface area (TPSA) is 61.8 Å². The van der Waals surface area contributed by atoms with Crippen LogP contribution in [-0.2, 0) is 23.1 Å². The average Bonchev–Trinajstić information content (AvgIpc) is 2.26. The second-order valence-electron chi connectivity index (χ2n) is 3.45. The van der Waals surface area contributed by atoms with Gasteiger partial charge in [0.15, 0.2) is 0 Å². The molecule has 0 radical (unpaired) electrons. The van der Waals surface area contributed by atoms with E-state index in [4.69, 9.17) is 13.8 Å². The van der Waals surface area contributed by atoms with Crippen LogP contribution in [0, 0.1) is 0 Å². The molecule has 0 N–H and O–H groups in total. The van der Waals surface area contributed by atoms with Gasteiger partial charge in [-0.2, -0.15) is 0 Å². The van der Waals surface area contributed by atoms with Crippen LogP contribution in [0.15, 0.2) is 0 Å². The average molecular weight is 266 g/mol. The van der Waals surface area contributed by atoms with Gasteiger partial charge in [0.2, 0.25) is 0 Å². The van der Waals surface area contributed by atoms with Gasteiger partial charge in [-0.3, -0.25) is 9.36 Å². The second-order valence-corrected chi connectivity index (χ2v) is 5.77. The van der Waals surface area contributed by atoms with E-state index in [1.807, 2.05) is 6.92 Å². The Hall–Kier alpha value is -0.380. The predicted octanol–water partition coefficient (Wildman–Crippen LogP) is 2.98. The zero-order valence-electron chi connectivity index (χ0n) is 11.1. The fourth-order valence-electron chi connectivity index (χ4n) is 1.50. The number of rotatable bonds is 9. The highest BCUT2D eigenvalue weighted by Gasteiger charge is 2.36. The summed E-state index contributed by atoms with van der Waals surface area (Å²) >= 11 is 0. The fourth-order valence-corrected chi connectivity index (χ4v) is 3.54. The molecule has 0 spiro atoms. The minimum Gasteiger partial charge on any atom is -0.466 e. The Morgan fingerprint density at radius 3 is 1.94 bits per heavy atom. The molecule has 0 rings (SSSR count). The van der Waals surface area contributed by atoms with Crippen LogP contribution in [0.1, 0.15) is 40.5 Å². The van der Waals surface area contributed by atoms with Crippen molar-refractivity contribution in [2.24, 2.45) is 0 Å². The van der Waals surface area contributed by atoms with E-state index in [1.54, 1.807) is 20.8 Å². The molecule has 5 nitrogen and oxygen atoms in total. The third kappa shape index (κ3) is 5.66. The van der Waals surface area contributed by atoms with E-state index in [1.165, 1.54) is 0 Å². The maximum absolute atomic E-state index is 12.4. The predicted molar refractivity (Wildman–Crippen MR) is 66.2 cm³/mol. The van der Waals surface area contributed by atoms with Gasteiger partial charge in [0.05, 0.1) is 31.9 Å². The lowest BCUT2D eigenvalue weighted by Gasteiger charge is -2.24. The molecule has 0 fully saturated rings. The molecule has 0 aromatic carbocycles. The lowest BCUT2D eigenvalue weighted by molar-refractivity contribution is -0.143. The summed E-state index contributed by atoms with van der Waals surface area (Å²) in [6.07, 6.45) is 0.623. The standard InChI is InChI=1S/C11H23O5P/c1-5-10(9-11(12)14-6-2)17(13,15-7-3)16-8-4/h10H,5-9H2,1-4H3. The van der Waals surface area contributed by atoms with Gasteiger partial charge < -0.3 is 13.8 Å². The smallest absolute Gasteiger partial charge is 0.334 e. The van der Waals surface area contributed by atoms with Crippen molar-refractivity contribution in [2.75, 3.05) is 19.8 Å². The number of hydrogen-bond donors (Lipinski definition) is 0. The maximum Gasteiger partial charge on any atom is 0.334 e. The Labute approximate surface area is 103 Å². The second kappa shape index (κ2) is 8.67. The van der Waals surface area contributed by atoms with Crippen LogP contribution >= 0.6 is 7.60 Å². The van der Waals surface area contributed by atoms with Gasteiger partial charge in [-0.05, 0) is 27.2 Å². The zero-order chi connectivity index (χ0) is 13.3. The third-order valence-corrected chi connectivity index (χ3v) is 4.92. The molecule has 0 amide bonds. The lowest BCUT2D eigenvalue weighted by atomic mass is 10.2. The SMILES string of the molecule is CCOC(=O)CC(CC)P(=O)(OCC)OCC. The Morgan fingerprint density at radius 1 is 1.06 bits per heavy atom. The highest BCUT2D eigenvalue weighted by atomic mass is 31.2. The summed E-state index contributed by atoms with van der Waals surface area (Å²) in [6, 6.07) is 0. The molecule has 0 aliphatic rings. The number of esters is 1. The molecule has 0 saturated carbocycles. The summed E-state index contributed by atoms with van der Waals surface area (Å²) in [5.41, 5.74) is -0.429. The van der Waals surface area contributed by atoms with Gasteiger partial charge in [-0.15, -0.1) is 0 Å². The van der Waals surface area contributed by atoms with Crippen molar-refractivity contribution in [1.29, 1.82) is 0 Å². The maximum atomic E-state index is 12.4. The highest BCUT2D eigenvalue weighted by molar-refractivity contribution is 7.54. The first-order valence-electron chi connectivity index (χ1n) is 6.08. The molecular formula is C11H23O5P. The van der Waals surface area contributed by atoms with Crippen LogP contribution in [0.2, 0.25) is 0 Å². The van der Waals surface area contributed by atoms with Crippen LogP contribution in [-0.4, -0.2) is 31.4 Å². The Bertz CT molecular complexity index is 257. The summed E-state index contributed by atoms with van der Waals surface area (Å²) < 4.78 is 27.7. The molecular weight excluding hydrogens is 243 g/mol. The molecule has 0 saturated heterocycles. The van der Waals surface area contributed by atoms with E-state index >= 15 is 0 Å². The van der Waals surface area contributed by atoms with Crippen molar-refractivity contribution in [3.8, 4) is 0 Å². The summed E-state index contributed by atoms with van der Waals surface area (Å²) in [5.74, 6) is -0.362. The van der Waals surface area contributed by atoms with E-state index in [2.05, 4.69) is 0 Å². The first kappa shape index (κ1) is 16.6. The van der Waals surface area contributed by atoms with Gasteiger partial charge in [0, 0.05) is 0 Å². The molecule has 1 atom stereocenters. The van der Waals surface area contributed by atoms with E-state index in [-0.39, 0.29) is 12.4 Å². The van der Waals surface area contributed by atoms with E-state index in [0.29, 0.717) is 26.2 Å². The van der Waals surface area contributed by atoms with Gasteiger partial charge in [-0.25, -0.2) is 0 Å². The molecule has 17 heavy (non-hydrogen) atoms. The summed E-state index contributed by atoms with van der Waals surface area (Å²) in [4.78, 5) is 11.4. The normalized spacial score (nSPS) is 13.4. The molecule has 1 unspecified atom stereocenters. The first-order chi connectivity index (χ1) is 8.03. The quantitative estimate of drug-likeness (QED) is 0.474. The molecule has 0 aliphatic carbocycles. The van der Waals surface area contributed by atoms with Gasteiger partial charge in [-0.1, -0.05) is 6.92 Å². The molecule has 6 heteroatoms. The Morgan fingerprint density at radius 2 is 1.59 bits per heavy atom. The van der Waals surface area contributed by atoms with Gasteiger partial charge in [0.1, 0.15) is 0 Å². The Kier molecular flexibility index (Phi) is 8.48. The van der Waals surface area contributed by atoms with E-state index in [9.17, 15) is 9.36 Å². The molecule has 0 heterocycles. The van der Waals surface area contributed by atoms with Crippen molar-refractivity contribution < 1.29 is 23.1 Å². The Balaban J connectivity index is 4.66. The van der Waals surface area contributed by atoms with Crippen LogP contribution in [0.25, 0.3) is 0 Å². The molecule has 0 aromatic heterocycles. The molecule has 102 valence electrons. The minimum absolute atomic E-state index is 0.0710. The van der Waals surface area contributed by atoms with E-state index < -0.39 is 13.3 Å². The highest BCUT2D eigenvalue weighted by Crippen LogP contribution is 2.55. The number of hydrogen-bond acceptors (Lipinski definition) is 5. The van der Waals surface area contributed by atoms with Crippen molar-refractivity contribution in [2.45, 2.75) is 46.2 Å². The number of carbonyl (C=O) groups excluding carboxylic acids is 1. The fraction of sp³-hybridized carbons (Fsp3) is 0.909. The summed E-state index contributed by atoms with van der Waals surface area (Å²) in [5, 5.41) is 0. The van der Waals surface area contributed by atoms with Crippen molar-refractivity contribution >= 4 is 13.6 Å². The first-order valence-corrected chi connectivity index (χ1v) is 7.69. The van der Waals surface area contributed by atoms with Crippen molar-refractivity contribution in [3.63, 3.8) is 0 Å². The zero-order valence-corrected chi connectivity index (χ0v) is 12.0. The summed E-state index contributed by atoms with van der Waals surface area (Å²) in [7, 11) is -3.21. The lowest BCUT2D eigenvalue weighted by Crippen LogP contribution is -2.18. The van der Waals surface area contributed by atoms with Crippen LogP contribution in [0.3, 0.4) is 0 Å². The van der Waals surface area contributed by atoms with Crippen molar-refractivity contribution in [1.82, 2.24) is 0 Å². The third-order valence-electron chi connectivity index (χ3n) is 2.24. The van der Waals surface area contributed by atoms with Gasteiger partial charge in [0.25, 0.3) is 0 Å². The van der Waals surface area contributed by atoms with Gasteiger partial charge >= 0.3 is 13.6 Å². The van der Waals surface area contributed by atoms with E-state index in [0.717, 1.165) is 0 Å². The minimum atomic E-state index is -3.21. The van der Waals surface area contributed by atoms with Crippen LogP contribution in [0.4, 0.5) is 0 Å². The van der Waals surface area contributed by atoms with Crippen LogP contribution in [0.5, 0.6) is 0 Å². The number of carbonyl (C=O) groups is 1. The largest absolute Gasteiger partial charge is 0.466 e. The summed E-state index contributed by atoms with van der Waals surface area (Å²) in [6.45, 7) is 8.03. The number of ether oxygens (including phenoxy) is 1. The molecule has 0 aliphatic heterocycles. The van der Waals surface area contributed by atoms with Crippen molar-refractivity contribution in [3.05, 3.63) is 0 Å². The molecule has 0 aromatic rings. The molecule has 0 bridgehead atoms.